The van der Waals surface area contributed by atoms with Crippen LogP contribution in [0.1, 0.15) is 0 Å². The molecule has 0 bridgehead atoms. The van der Waals surface area contributed by atoms with E-state index >= 15 is 0 Å². The summed E-state index contributed by atoms with van der Waals surface area (Å²) in [6.07, 6.45) is 0. The molecule has 0 aromatic heterocycles. The Morgan fingerprint density at radius 1 is 0.218 bits per heavy atom. The highest BCUT2D eigenvalue weighted by Crippen LogP contribution is 2.39. The lowest BCUT2D eigenvalue weighted by Crippen LogP contribution is -2.09. The van der Waals surface area contributed by atoms with Gasteiger partial charge in [-0.2, -0.15) is 0 Å². The number of anilines is 3. The normalized spacial score (nSPS) is 11.3. The molecule has 55 heavy (non-hydrogen) atoms. The van der Waals surface area contributed by atoms with Crippen molar-refractivity contribution in [1.82, 2.24) is 0 Å². The van der Waals surface area contributed by atoms with Gasteiger partial charge in [-0.25, -0.2) is 0 Å². The van der Waals surface area contributed by atoms with E-state index in [0.717, 1.165) is 17.1 Å². The third-order valence-corrected chi connectivity index (χ3v) is 10.8. The van der Waals surface area contributed by atoms with Crippen molar-refractivity contribution in [3.63, 3.8) is 0 Å². The maximum Gasteiger partial charge on any atom is 0.0462 e. The SMILES string of the molecule is c1ccc(-c2ccc(N(c3ccc(-c4ccccc4)cc3)c3ccc(-c4ccc5ccc(-c6cc7ccccc7c7ccccc67)cc5c4)cc3)cc2)cc1. The molecule has 0 heterocycles. The lowest BCUT2D eigenvalue weighted by atomic mass is 9.92. The highest BCUT2D eigenvalue weighted by molar-refractivity contribution is 6.14. The lowest BCUT2D eigenvalue weighted by molar-refractivity contribution is 1.28. The first-order valence-corrected chi connectivity index (χ1v) is 18.9. The van der Waals surface area contributed by atoms with Gasteiger partial charge in [0.15, 0.2) is 0 Å². The van der Waals surface area contributed by atoms with Crippen molar-refractivity contribution in [1.29, 1.82) is 0 Å². The minimum Gasteiger partial charge on any atom is -0.311 e. The van der Waals surface area contributed by atoms with Crippen molar-refractivity contribution in [2.45, 2.75) is 0 Å². The van der Waals surface area contributed by atoms with Crippen molar-refractivity contribution < 1.29 is 0 Å². The molecule has 0 amide bonds. The van der Waals surface area contributed by atoms with Crippen molar-refractivity contribution in [3.05, 3.63) is 224 Å². The van der Waals surface area contributed by atoms with Crippen LogP contribution in [0, 0.1) is 0 Å². The summed E-state index contributed by atoms with van der Waals surface area (Å²) in [4.78, 5) is 2.34. The molecule has 0 fully saturated rings. The summed E-state index contributed by atoms with van der Waals surface area (Å²) in [5.74, 6) is 0. The van der Waals surface area contributed by atoms with Crippen LogP contribution >= 0.6 is 0 Å². The highest BCUT2D eigenvalue weighted by atomic mass is 15.1. The van der Waals surface area contributed by atoms with Crippen LogP contribution in [0.15, 0.2) is 224 Å². The standard InChI is InChI=1S/C54H37N/c1-3-11-38(12-4-1)40-23-29-48(30-24-40)55(49-31-25-41(26-32-49)39-13-5-2-6-14-39)50-33-27-42(28-34-50)44-21-19-43-20-22-46(36-47(43)35-44)54-37-45-15-7-8-16-51(45)52-17-9-10-18-53(52)54/h1-37H. The number of fused-ring (bicyclic) bond motifs is 4. The zero-order valence-electron chi connectivity index (χ0n) is 30.3. The Hall–Kier alpha value is -7.22. The number of hydrogen-bond acceptors (Lipinski definition) is 1. The van der Waals surface area contributed by atoms with Gasteiger partial charge in [0.1, 0.15) is 0 Å². The van der Waals surface area contributed by atoms with Crippen molar-refractivity contribution >= 4 is 49.4 Å². The summed E-state index contributed by atoms with van der Waals surface area (Å²) in [6, 6.07) is 81.4. The molecule has 10 aromatic rings. The Morgan fingerprint density at radius 2 is 0.618 bits per heavy atom. The molecule has 0 aliphatic carbocycles. The van der Waals surface area contributed by atoms with E-state index in [1.807, 2.05) is 0 Å². The van der Waals surface area contributed by atoms with Crippen LogP contribution in [0.5, 0.6) is 0 Å². The molecule has 258 valence electrons. The molecule has 0 aliphatic rings. The van der Waals surface area contributed by atoms with Gasteiger partial charge in [0.2, 0.25) is 0 Å². The molecule has 0 spiro atoms. The molecule has 0 unspecified atom stereocenters. The van der Waals surface area contributed by atoms with Gasteiger partial charge in [0.05, 0.1) is 0 Å². The number of benzene rings is 10. The Balaban J connectivity index is 1.01. The van der Waals surface area contributed by atoms with E-state index in [1.54, 1.807) is 0 Å². The van der Waals surface area contributed by atoms with E-state index in [0.29, 0.717) is 0 Å². The van der Waals surface area contributed by atoms with Crippen molar-refractivity contribution in [2.24, 2.45) is 0 Å². The second kappa shape index (κ2) is 14.0. The van der Waals surface area contributed by atoms with Gasteiger partial charge < -0.3 is 4.90 Å². The van der Waals surface area contributed by atoms with Gasteiger partial charge in [-0.05, 0) is 131 Å². The average Bonchev–Trinajstić information content (AvgIpc) is 3.27. The maximum absolute atomic E-state index is 2.35. The average molecular weight is 700 g/mol. The van der Waals surface area contributed by atoms with Crippen molar-refractivity contribution in [3.8, 4) is 44.5 Å². The molecular formula is C54H37N. The lowest BCUT2D eigenvalue weighted by Gasteiger charge is -2.26. The monoisotopic (exact) mass is 699 g/mol. The van der Waals surface area contributed by atoms with E-state index in [-0.39, 0.29) is 0 Å². The minimum atomic E-state index is 1.11. The molecule has 0 saturated carbocycles. The van der Waals surface area contributed by atoms with E-state index in [2.05, 4.69) is 229 Å². The van der Waals surface area contributed by atoms with Crippen LogP contribution < -0.4 is 4.90 Å². The molecule has 1 nitrogen and oxygen atoms in total. The molecule has 0 N–H and O–H groups in total. The van der Waals surface area contributed by atoms with Gasteiger partial charge >= 0.3 is 0 Å². The first kappa shape index (κ1) is 32.4. The predicted octanol–water partition coefficient (Wildman–Crippen LogP) is 15.3. The minimum absolute atomic E-state index is 1.11. The first-order chi connectivity index (χ1) is 27.2. The first-order valence-electron chi connectivity index (χ1n) is 18.9. The Morgan fingerprint density at radius 3 is 1.18 bits per heavy atom. The summed E-state index contributed by atoms with van der Waals surface area (Å²) in [6.45, 7) is 0. The summed E-state index contributed by atoms with van der Waals surface area (Å²) in [7, 11) is 0. The molecule has 0 radical (unpaired) electrons. The second-order valence-corrected chi connectivity index (χ2v) is 14.2. The zero-order chi connectivity index (χ0) is 36.6. The third kappa shape index (κ3) is 6.22. The van der Waals surface area contributed by atoms with Crippen molar-refractivity contribution in [2.75, 3.05) is 4.90 Å². The number of rotatable bonds is 7. The van der Waals surface area contributed by atoms with Crippen LogP contribution in [-0.2, 0) is 0 Å². The van der Waals surface area contributed by atoms with Gasteiger partial charge in [-0.1, -0.05) is 170 Å². The summed E-state index contributed by atoms with van der Waals surface area (Å²) in [5.41, 5.74) is 13.0. The summed E-state index contributed by atoms with van der Waals surface area (Å²) < 4.78 is 0. The molecule has 1 heteroatoms. The summed E-state index contributed by atoms with van der Waals surface area (Å²) >= 11 is 0. The van der Waals surface area contributed by atoms with Gasteiger partial charge in [0.25, 0.3) is 0 Å². The maximum atomic E-state index is 2.35. The number of nitrogens with zero attached hydrogens (tertiary/aromatic N) is 1. The molecule has 0 aliphatic heterocycles. The Labute approximate surface area is 322 Å². The van der Waals surface area contributed by atoms with Gasteiger partial charge in [-0.3, -0.25) is 0 Å². The third-order valence-electron chi connectivity index (χ3n) is 10.8. The van der Waals surface area contributed by atoms with Gasteiger partial charge in [-0.15, -0.1) is 0 Å². The number of hydrogen-bond donors (Lipinski definition) is 0. The van der Waals surface area contributed by atoms with Crippen LogP contribution in [0.2, 0.25) is 0 Å². The molecule has 10 aromatic carbocycles. The Kier molecular flexibility index (Phi) is 8.24. The molecule has 0 saturated heterocycles. The van der Waals surface area contributed by atoms with Crippen LogP contribution in [-0.4, -0.2) is 0 Å². The van der Waals surface area contributed by atoms with Crippen LogP contribution in [0.4, 0.5) is 17.1 Å². The van der Waals surface area contributed by atoms with E-state index < -0.39 is 0 Å². The fraction of sp³-hybridized carbons (Fsp3) is 0. The topological polar surface area (TPSA) is 3.24 Å². The fourth-order valence-electron chi connectivity index (χ4n) is 8.00. The molecule has 10 rings (SSSR count). The van der Waals surface area contributed by atoms with E-state index in [1.165, 1.54) is 76.8 Å². The highest BCUT2D eigenvalue weighted by Gasteiger charge is 2.15. The van der Waals surface area contributed by atoms with Crippen LogP contribution in [0.3, 0.4) is 0 Å². The quantitative estimate of drug-likeness (QED) is 0.150. The molecular weight excluding hydrogens is 663 g/mol. The van der Waals surface area contributed by atoms with Gasteiger partial charge in [0, 0.05) is 17.1 Å². The largest absolute Gasteiger partial charge is 0.311 e. The smallest absolute Gasteiger partial charge is 0.0462 e. The molecule has 0 atom stereocenters. The van der Waals surface area contributed by atoms with E-state index in [9.17, 15) is 0 Å². The summed E-state index contributed by atoms with van der Waals surface area (Å²) in [5, 5.41) is 7.59. The van der Waals surface area contributed by atoms with Crippen LogP contribution in [0.25, 0.3) is 76.8 Å². The fourth-order valence-corrected chi connectivity index (χ4v) is 8.00. The van der Waals surface area contributed by atoms with E-state index in [4.69, 9.17) is 0 Å². The second-order valence-electron chi connectivity index (χ2n) is 14.2. The zero-order valence-corrected chi connectivity index (χ0v) is 30.3. The Bertz CT molecular complexity index is 2850. The predicted molar refractivity (Wildman–Crippen MR) is 235 cm³/mol.